The van der Waals surface area contributed by atoms with Crippen LogP contribution >= 0.6 is 15.9 Å². The van der Waals surface area contributed by atoms with Crippen molar-refractivity contribution in [2.24, 2.45) is 7.05 Å². The lowest BCUT2D eigenvalue weighted by Crippen LogP contribution is -1.84. The van der Waals surface area contributed by atoms with Gasteiger partial charge in [-0.3, -0.25) is 4.68 Å². The molecule has 0 radical (unpaired) electrons. The van der Waals surface area contributed by atoms with Crippen LogP contribution in [0.4, 0.5) is 0 Å². The summed E-state index contributed by atoms with van der Waals surface area (Å²) < 4.78 is 2.87. The summed E-state index contributed by atoms with van der Waals surface area (Å²) in [7, 11) is 1.92. The summed E-state index contributed by atoms with van der Waals surface area (Å²) >= 11 is 3.43. The maximum Gasteiger partial charge on any atom is 0.106 e. The molecule has 0 saturated carbocycles. The molecular weight excluding hydrogens is 228 g/mol. The van der Waals surface area contributed by atoms with E-state index >= 15 is 0 Å². The lowest BCUT2D eigenvalue weighted by Gasteiger charge is -1.88. The fourth-order valence-corrected chi connectivity index (χ4v) is 1.59. The standard InChI is InChI=1S/C8H7BrN2.C2H6/c1-11-5-6-3-2-4-7(9)8(6)10-11;1-2/h2-5H,1H3;1-2H3. The van der Waals surface area contributed by atoms with Crippen LogP contribution in [-0.4, -0.2) is 9.78 Å². The van der Waals surface area contributed by atoms with Crippen LogP contribution < -0.4 is 0 Å². The van der Waals surface area contributed by atoms with Crippen LogP contribution in [0.25, 0.3) is 10.9 Å². The van der Waals surface area contributed by atoms with Crippen LogP contribution in [0.2, 0.25) is 0 Å². The summed E-state index contributed by atoms with van der Waals surface area (Å²) in [6, 6.07) is 6.05. The molecule has 1 aromatic carbocycles. The minimum atomic E-state index is 1.02. The fraction of sp³-hybridized carbons (Fsp3) is 0.300. The molecule has 3 heteroatoms. The Kier molecular flexibility index (Phi) is 3.48. The van der Waals surface area contributed by atoms with Gasteiger partial charge in [0.2, 0.25) is 0 Å². The molecule has 0 aliphatic heterocycles. The normalized spacial score (nSPS) is 9.54. The summed E-state index contributed by atoms with van der Waals surface area (Å²) in [6.45, 7) is 4.00. The SMILES string of the molecule is CC.Cn1cc2cccc(Br)c2n1. The highest BCUT2D eigenvalue weighted by Crippen LogP contribution is 2.21. The molecular formula is C10H13BrN2. The highest BCUT2D eigenvalue weighted by molar-refractivity contribution is 9.10. The van der Waals surface area contributed by atoms with Gasteiger partial charge in [0.05, 0.1) is 0 Å². The summed E-state index contributed by atoms with van der Waals surface area (Å²) in [5.41, 5.74) is 1.02. The predicted molar refractivity (Wildman–Crippen MR) is 59.8 cm³/mol. The van der Waals surface area contributed by atoms with E-state index in [2.05, 4.69) is 21.0 Å². The molecule has 0 N–H and O–H groups in total. The second-order valence-corrected chi connectivity index (χ2v) is 3.33. The van der Waals surface area contributed by atoms with E-state index < -0.39 is 0 Å². The first kappa shape index (κ1) is 10.3. The van der Waals surface area contributed by atoms with Crippen LogP contribution in [0.3, 0.4) is 0 Å². The average Bonchev–Trinajstić information content (AvgIpc) is 2.51. The Morgan fingerprint density at radius 1 is 1.31 bits per heavy atom. The lowest BCUT2D eigenvalue weighted by atomic mass is 10.3. The van der Waals surface area contributed by atoms with Gasteiger partial charge in [0, 0.05) is 23.1 Å². The maximum atomic E-state index is 4.28. The van der Waals surface area contributed by atoms with E-state index in [-0.39, 0.29) is 0 Å². The lowest BCUT2D eigenvalue weighted by molar-refractivity contribution is 0.779. The first-order valence-electron chi connectivity index (χ1n) is 4.35. The number of hydrogen-bond acceptors (Lipinski definition) is 1. The topological polar surface area (TPSA) is 17.8 Å². The number of hydrogen-bond donors (Lipinski definition) is 0. The van der Waals surface area contributed by atoms with E-state index in [0.29, 0.717) is 0 Å². The third-order valence-electron chi connectivity index (χ3n) is 1.60. The van der Waals surface area contributed by atoms with E-state index in [0.717, 1.165) is 9.99 Å². The zero-order valence-corrected chi connectivity index (χ0v) is 9.67. The minimum Gasteiger partial charge on any atom is -0.275 e. The molecule has 0 aliphatic carbocycles. The molecule has 2 rings (SSSR count). The second-order valence-electron chi connectivity index (χ2n) is 2.48. The third kappa shape index (κ3) is 2.10. The highest BCUT2D eigenvalue weighted by atomic mass is 79.9. The number of fused-ring (bicyclic) bond motifs is 1. The molecule has 1 aromatic heterocycles. The molecule has 0 spiro atoms. The Bertz CT molecular complexity index is 393. The summed E-state index contributed by atoms with van der Waals surface area (Å²) in [5, 5.41) is 5.45. The smallest absolute Gasteiger partial charge is 0.106 e. The Labute approximate surface area is 86.7 Å². The van der Waals surface area contributed by atoms with Crippen LogP contribution in [0, 0.1) is 0 Å². The van der Waals surface area contributed by atoms with Gasteiger partial charge < -0.3 is 0 Å². The number of nitrogens with zero attached hydrogens (tertiary/aromatic N) is 2. The summed E-state index contributed by atoms with van der Waals surface area (Å²) in [5.74, 6) is 0. The van der Waals surface area contributed by atoms with Crippen molar-refractivity contribution in [1.29, 1.82) is 0 Å². The van der Waals surface area contributed by atoms with Crippen LogP contribution in [0.1, 0.15) is 13.8 Å². The van der Waals surface area contributed by atoms with Crippen molar-refractivity contribution < 1.29 is 0 Å². The summed E-state index contributed by atoms with van der Waals surface area (Å²) in [6.07, 6.45) is 2.00. The van der Waals surface area contributed by atoms with Gasteiger partial charge in [-0.1, -0.05) is 26.0 Å². The molecule has 0 amide bonds. The molecule has 0 aliphatic rings. The first-order chi connectivity index (χ1) is 6.27. The van der Waals surface area contributed by atoms with Gasteiger partial charge >= 0.3 is 0 Å². The Balaban J connectivity index is 0.000000396. The van der Waals surface area contributed by atoms with E-state index in [1.807, 2.05) is 50.0 Å². The molecule has 2 nitrogen and oxygen atoms in total. The largest absolute Gasteiger partial charge is 0.275 e. The van der Waals surface area contributed by atoms with Crippen molar-refractivity contribution in [2.45, 2.75) is 13.8 Å². The van der Waals surface area contributed by atoms with E-state index in [9.17, 15) is 0 Å². The third-order valence-corrected chi connectivity index (χ3v) is 2.24. The molecule has 0 bridgehead atoms. The zero-order chi connectivity index (χ0) is 9.84. The molecule has 70 valence electrons. The van der Waals surface area contributed by atoms with Crippen molar-refractivity contribution in [3.8, 4) is 0 Å². The van der Waals surface area contributed by atoms with Gasteiger partial charge in [0.15, 0.2) is 0 Å². The van der Waals surface area contributed by atoms with Crippen molar-refractivity contribution >= 4 is 26.8 Å². The van der Waals surface area contributed by atoms with Crippen molar-refractivity contribution in [3.05, 3.63) is 28.9 Å². The van der Waals surface area contributed by atoms with Crippen LogP contribution in [-0.2, 0) is 7.05 Å². The van der Waals surface area contributed by atoms with Gasteiger partial charge in [-0.05, 0) is 22.0 Å². The minimum absolute atomic E-state index is 1.02. The quantitative estimate of drug-likeness (QED) is 0.691. The molecule has 0 unspecified atom stereocenters. The van der Waals surface area contributed by atoms with Gasteiger partial charge in [-0.15, -0.1) is 0 Å². The maximum absolute atomic E-state index is 4.28. The fourth-order valence-electron chi connectivity index (χ4n) is 1.13. The van der Waals surface area contributed by atoms with Crippen molar-refractivity contribution in [3.63, 3.8) is 0 Å². The Morgan fingerprint density at radius 2 is 2.00 bits per heavy atom. The van der Waals surface area contributed by atoms with Crippen LogP contribution in [0.15, 0.2) is 28.9 Å². The monoisotopic (exact) mass is 240 g/mol. The van der Waals surface area contributed by atoms with Gasteiger partial charge in [0.25, 0.3) is 0 Å². The molecule has 13 heavy (non-hydrogen) atoms. The van der Waals surface area contributed by atoms with Gasteiger partial charge in [0.1, 0.15) is 5.52 Å². The summed E-state index contributed by atoms with van der Waals surface area (Å²) in [4.78, 5) is 0. The second kappa shape index (κ2) is 4.42. The van der Waals surface area contributed by atoms with Crippen LogP contribution in [0.5, 0.6) is 0 Å². The Hall–Kier alpha value is -0.830. The highest BCUT2D eigenvalue weighted by Gasteiger charge is 1.99. The zero-order valence-electron chi connectivity index (χ0n) is 8.08. The molecule has 0 saturated heterocycles. The van der Waals surface area contributed by atoms with Crippen molar-refractivity contribution in [1.82, 2.24) is 9.78 Å². The number of aromatic nitrogens is 2. The number of aryl methyl sites for hydroxylation is 1. The van der Waals surface area contributed by atoms with Gasteiger partial charge in [-0.2, -0.15) is 5.10 Å². The number of benzene rings is 1. The van der Waals surface area contributed by atoms with E-state index in [4.69, 9.17) is 0 Å². The average molecular weight is 241 g/mol. The van der Waals surface area contributed by atoms with Gasteiger partial charge in [-0.25, -0.2) is 0 Å². The van der Waals surface area contributed by atoms with E-state index in [1.165, 1.54) is 5.39 Å². The number of rotatable bonds is 0. The molecule has 0 atom stereocenters. The van der Waals surface area contributed by atoms with E-state index in [1.54, 1.807) is 0 Å². The molecule has 2 aromatic rings. The first-order valence-corrected chi connectivity index (χ1v) is 5.14. The van der Waals surface area contributed by atoms with Crippen molar-refractivity contribution in [2.75, 3.05) is 0 Å². The Morgan fingerprint density at radius 3 is 2.62 bits per heavy atom. The predicted octanol–water partition coefficient (Wildman–Crippen LogP) is 3.36. The number of halogens is 1. The molecule has 1 heterocycles. The molecule has 0 fully saturated rings.